The number of Topliss-reactive ketones (excluding diaryl/α,β-unsaturated/α-hetero) is 2. The molecule has 3 nitrogen and oxygen atoms in total. The summed E-state index contributed by atoms with van der Waals surface area (Å²) in [4.78, 5) is 21.7. The second-order valence-electron chi connectivity index (χ2n) is 3.01. The normalized spacial score (nSPS) is 32.5. The monoisotopic (exact) mass is 156 g/mol. The fraction of sp³-hybridized carbons (Fsp3) is 0.750. The van der Waals surface area contributed by atoms with Crippen LogP contribution >= 0.6 is 0 Å². The summed E-state index contributed by atoms with van der Waals surface area (Å²) in [5.41, 5.74) is 0. The van der Waals surface area contributed by atoms with Crippen LogP contribution in [-0.2, 0) is 14.3 Å². The highest BCUT2D eigenvalue weighted by Crippen LogP contribution is 2.21. The van der Waals surface area contributed by atoms with E-state index in [0.29, 0.717) is 6.42 Å². The van der Waals surface area contributed by atoms with Gasteiger partial charge in [-0.15, -0.1) is 0 Å². The Balaban J connectivity index is 2.62. The van der Waals surface area contributed by atoms with Crippen molar-refractivity contribution in [2.45, 2.75) is 25.9 Å². The molecule has 0 aromatic carbocycles. The van der Waals surface area contributed by atoms with E-state index in [0.717, 1.165) is 0 Å². The van der Waals surface area contributed by atoms with Crippen LogP contribution in [0, 0.1) is 5.92 Å². The molecule has 1 fully saturated rings. The van der Waals surface area contributed by atoms with Gasteiger partial charge < -0.3 is 4.74 Å². The Morgan fingerprint density at radius 2 is 1.82 bits per heavy atom. The van der Waals surface area contributed by atoms with Gasteiger partial charge in [-0.1, -0.05) is 6.92 Å². The quantitative estimate of drug-likeness (QED) is 0.521. The Hall–Kier alpha value is -0.700. The number of methoxy groups -OCH3 is 1. The molecule has 0 spiro atoms. The maximum absolute atomic E-state index is 10.9. The van der Waals surface area contributed by atoms with Crippen LogP contribution in [0.1, 0.15) is 19.8 Å². The topological polar surface area (TPSA) is 43.4 Å². The zero-order valence-corrected chi connectivity index (χ0v) is 6.79. The van der Waals surface area contributed by atoms with E-state index in [1.54, 1.807) is 7.11 Å². The molecule has 0 aliphatic heterocycles. The van der Waals surface area contributed by atoms with Crippen LogP contribution in [-0.4, -0.2) is 24.8 Å². The van der Waals surface area contributed by atoms with Crippen LogP contribution < -0.4 is 0 Å². The largest absolute Gasteiger partial charge is 0.381 e. The van der Waals surface area contributed by atoms with Crippen LogP contribution in [0.3, 0.4) is 0 Å². The third kappa shape index (κ3) is 1.66. The zero-order valence-electron chi connectivity index (χ0n) is 6.79. The third-order valence-electron chi connectivity index (χ3n) is 2.14. The summed E-state index contributed by atoms with van der Waals surface area (Å²) in [5.74, 6) is -0.342. The molecular formula is C8H12O3. The standard InChI is InChI=1S/C8H12O3/c1-5-3-6(9)7(10)4-8(5)11-2/h5,8H,3-4H2,1-2H3/t5-,8?/m0/s1. The second-order valence-corrected chi connectivity index (χ2v) is 3.01. The first kappa shape index (κ1) is 8.40. The Kier molecular flexibility index (Phi) is 2.39. The lowest BCUT2D eigenvalue weighted by molar-refractivity contribution is -0.143. The summed E-state index contributed by atoms with van der Waals surface area (Å²) in [6.45, 7) is 1.93. The molecule has 0 radical (unpaired) electrons. The summed E-state index contributed by atoms with van der Waals surface area (Å²) in [6.07, 6.45) is 0.550. The predicted molar refractivity (Wildman–Crippen MR) is 39.2 cm³/mol. The summed E-state index contributed by atoms with van der Waals surface area (Å²) in [6, 6.07) is 0. The minimum Gasteiger partial charge on any atom is -0.381 e. The Labute approximate surface area is 65.7 Å². The van der Waals surface area contributed by atoms with Crippen molar-refractivity contribution >= 4 is 11.6 Å². The Bertz CT molecular complexity index is 186. The van der Waals surface area contributed by atoms with Crippen molar-refractivity contribution in [3.63, 3.8) is 0 Å². The highest BCUT2D eigenvalue weighted by Gasteiger charge is 2.31. The number of rotatable bonds is 1. The maximum Gasteiger partial charge on any atom is 0.200 e. The van der Waals surface area contributed by atoms with Gasteiger partial charge in [0.15, 0.2) is 5.78 Å². The summed E-state index contributed by atoms with van der Waals surface area (Å²) < 4.78 is 5.05. The summed E-state index contributed by atoms with van der Waals surface area (Å²) in [5, 5.41) is 0. The van der Waals surface area contributed by atoms with Gasteiger partial charge in [0.05, 0.1) is 6.10 Å². The molecule has 1 aliphatic rings. The van der Waals surface area contributed by atoms with Crippen LogP contribution in [0.25, 0.3) is 0 Å². The molecule has 0 aromatic heterocycles. The highest BCUT2D eigenvalue weighted by atomic mass is 16.5. The van der Waals surface area contributed by atoms with Gasteiger partial charge in [-0.2, -0.15) is 0 Å². The lowest BCUT2D eigenvalue weighted by Gasteiger charge is -2.25. The van der Waals surface area contributed by atoms with E-state index in [2.05, 4.69) is 0 Å². The highest BCUT2D eigenvalue weighted by molar-refractivity contribution is 6.37. The van der Waals surface area contributed by atoms with Gasteiger partial charge in [-0.3, -0.25) is 9.59 Å². The molecule has 62 valence electrons. The fourth-order valence-corrected chi connectivity index (χ4v) is 1.35. The average molecular weight is 156 g/mol. The minimum absolute atomic E-state index is 0.0554. The van der Waals surface area contributed by atoms with Crippen LogP contribution in [0.15, 0.2) is 0 Å². The molecule has 2 atom stereocenters. The maximum atomic E-state index is 10.9. The summed E-state index contributed by atoms with van der Waals surface area (Å²) in [7, 11) is 1.57. The van der Waals surface area contributed by atoms with E-state index in [1.807, 2.05) is 6.92 Å². The van der Waals surface area contributed by atoms with E-state index in [1.165, 1.54) is 0 Å². The first-order valence-electron chi connectivity index (χ1n) is 3.74. The third-order valence-corrected chi connectivity index (χ3v) is 2.14. The second kappa shape index (κ2) is 3.13. The number of carbonyl (C=O) groups excluding carboxylic acids is 2. The van der Waals surface area contributed by atoms with Crippen LogP contribution in [0.5, 0.6) is 0 Å². The number of ether oxygens (including phenoxy) is 1. The molecule has 0 saturated heterocycles. The Morgan fingerprint density at radius 3 is 2.36 bits per heavy atom. The lowest BCUT2D eigenvalue weighted by atomic mass is 9.86. The van der Waals surface area contributed by atoms with Gasteiger partial charge in [0, 0.05) is 20.0 Å². The van der Waals surface area contributed by atoms with Crippen molar-refractivity contribution in [1.29, 1.82) is 0 Å². The molecule has 0 N–H and O–H groups in total. The van der Waals surface area contributed by atoms with E-state index in [9.17, 15) is 9.59 Å². The van der Waals surface area contributed by atoms with E-state index >= 15 is 0 Å². The average Bonchev–Trinajstić information content (AvgIpc) is 1.97. The first-order chi connectivity index (χ1) is 5.15. The molecule has 0 aromatic rings. The number of ketones is 2. The zero-order chi connectivity index (χ0) is 8.43. The molecule has 1 rings (SSSR count). The molecule has 11 heavy (non-hydrogen) atoms. The van der Waals surface area contributed by atoms with E-state index in [4.69, 9.17) is 4.74 Å². The molecule has 0 heterocycles. The van der Waals surface area contributed by atoms with Gasteiger partial charge in [0.25, 0.3) is 0 Å². The molecule has 3 heteroatoms. The first-order valence-corrected chi connectivity index (χ1v) is 3.74. The van der Waals surface area contributed by atoms with Gasteiger partial charge >= 0.3 is 0 Å². The van der Waals surface area contributed by atoms with E-state index < -0.39 is 0 Å². The van der Waals surface area contributed by atoms with Crippen LogP contribution in [0.2, 0.25) is 0 Å². The van der Waals surface area contributed by atoms with Crippen molar-refractivity contribution in [3.05, 3.63) is 0 Å². The fourth-order valence-electron chi connectivity index (χ4n) is 1.35. The van der Waals surface area contributed by atoms with Crippen molar-refractivity contribution < 1.29 is 14.3 Å². The van der Waals surface area contributed by atoms with E-state index in [-0.39, 0.29) is 30.0 Å². The van der Waals surface area contributed by atoms with Gasteiger partial charge in [0.2, 0.25) is 5.78 Å². The minimum atomic E-state index is -0.282. The van der Waals surface area contributed by atoms with Crippen molar-refractivity contribution in [3.8, 4) is 0 Å². The Morgan fingerprint density at radius 1 is 1.27 bits per heavy atom. The van der Waals surface area contributed by atoms with Crippen LogP contribution in [0.4, 0.5) is 0 Å². The SMILES string of the molecule is COC1CC(=O)C(=O)C[C@@H]1C. The van der Waals surface area contributed by atoms with Crippen molar-refractivity contribution in [1.82, 2.24) is 0 Å². The van der Waals surface area contributed by atoms with Gasteiger partial charge in [-0.05, 0) is 5.92 Å². The molecule has 1 unspecified atom stereocenters. The molecule has 1 aliphatic carbocycles. The lowest BCUT2D eigenvalue weighted by Crippen LogP contribution is -2.35. The number of hydrogen-bond acceptors (Lipinski definition) is 3. The van der Waals surface area contributed by atoms with Crippen molar-refractivity contribution in [2.75, 3.05) is 7.11 Å². The molecule has 0 amide bonds. The smallest absolute Gasteiger partial charge is 0.200 e. The molecular weight excluding hydrogens is 144 g/mol. The molecule has 0 bridgehead atoms. The van der Waals surface area contributed by atoms with Gasteiger partial charge in [0.1, 0.15) is 0 Å². The number of carbonyl (C=O) groups is 2. The number of hydrogen-bond donors (Lipinski definition) is 0. The molecule has 1 saturated carbocycles. The predicted octanol–water partition coefficient (Wildman–Crippen LogP) is 0.569. The van der Waals surface area contributed by atoms with Crippen molar-refractivity contribution in [2.24, 2.45) is 5.92 Å². The van der Waals surface area contributed by atoms with Gasteiger partial charge in [-0.25, -0.2) is 0 Å². The summed E-state index contributed by atoms with van der Waals surface area (Å²) >= 11 is 0.